The summed E-state index contributed by atoms with van der Waals surface area (Å²) in [5.74, 6) is 0.346. The number of aromatic nitrogens is 2. The maximum atomic E-state index is 13.3. The van der Waals surface area contributed by atoms with Crippen molar-refractivity contribution in [1.82, 2.24) is 20.0 Å². The number of likely N-dealkylation sites (N-methyl/N-ethyl adjacent to an activating group) is 1. The third-order valence-corrected chi connectivity index (χ3v) is 6.47. The van der Waals surface area contributed by atoms with E-state index >= 15 is 0 Å². The molecule has 0 bridgehead atoms. The molecule has 9 heteroatoms. The Labute approximate surface area is 194 Å². The Morgan fingerprint density at radius 2 is 1.97 bits per heavy atom. The highest BCUT2D eigenvalue weighted by Gasteiger charge is 2.45. The molecule has 1 fully saturated rings. The molecule has 0 aliphatic carbocycles. The molecule has 0 spiro atoms. The summed E-state index contributed by atoms with van der Waals surface area (Å²) in [5.41, 5.74) is 1.92. The van der Waals surface area contributed by atoms with E-state index in [-0.39, 0.29) is 11.8 Å². The number of nitrogens with zero attached hydrogens (tertiary/aromatic N) is 3. The van der Waals surface area contributed by atoms with Crippen molar-refractivity contribution >= 4 is 17.8 Å². The first-order chi connectivity index (χ1) is 15.8. The highest BCUT2D eigenvalue weighted by molar-refractivity contribution is 5.92. The summed E-state index contributed by atoms with van der Waals surface area (Å²) in [6, 6.07) is 9.75. The fraction of sp³-hybridized carbons (Fsp3) is 0.542. The molecule has 2 aliphatic heterocycles. The van der Waals surface area contributed by atoms with E-state index in [4.69, 9.17) is 9.47 Å². The Kier molecular flexibility index (Phi) is 6.71. The van der Waals surface area contributed by atoms with Gasteiger partial charge in [-0.3, -0.25) is 14.8 Å². The van der Waals surface area contributed by atoms with Crippen molar-refractivity contribution in [2.75, 3.05) is 39.2 Å². The number of carbonyl (C=O) groups excluding carboxylic acids is 2. The summed E-state index contributed by atoms with van der Waals surface area (Å²) in [7, 11) is 3.90. The normalized spacial score (nSPS) is 18.8. The van der Waals surface area contributed by atoms with Gasteiger partial charge in [0.25, 0.3) is 0 Å². The number of aromatic amines is 1. The van der Waals surface area contributed by atoms with Gasteiger partial charge in [0.15, 0.2) is 5.82 Å². The quantitative estimate of drug-likeness (QED) is 0.694. The second-order valence-corrected chi connectivity index (χ2v) is 9.49. The van der Waals surface area contributed by atoms with Gasteiger partial charge in [0.1, 0.15) is 6.10 Å². The number of fused-ring (bicyclic) bond motifs is 1. The lowest BCUT2D eigenvalue weighted by molar-refractivity contribution is -0.122. The van der Waals surface area contributed by atoms with Crippen molar-refractivity contribution in [2.24, 2.45) is 5.92 Å². The number of carbonyl (C=O) groups is 2. The lowest BCUT2D eigenvalue weighted by Crippen LogP contribution is -2.42. The second kappa shape index (κ2) is 9.52. The van der Waals surface area contributed by atoms with Gasteiger partial charge >= 0.3 is 6.09 Å². The molecule has 2 N–H and O–H groups in total. The van der Waals surface area contributed by atoms with Crippen molar-refractivity contribution in [3.05, 3.63) is 47.2 Å². The van der Waals surface area contributed by atoms with Crippen LogP contribution in [0.4, 0.5) is 10.6 Å². The third kappa shape index (κ3) is 4.89. The Balaban J connectivity index is 1.49. The number of hydrogen-bond acceptors (Lipinski definition) is 6. The number of benzene rings is 1. The van der Waals surface area contributed by atoms with Crippen molar-refractivity contribution in [2.45, 2.75) is 44.9 Å². The highest BCUT2D eigenvalue weighted by Crippen LogP contribution is 2.41. The van der Waals surface area contributed by atoms with E-state index in [2.05, 4.69) is 15.5 Å². The molecule has 2 aliphatic rings. The van der Waals surface area contributed by atoms with Crippen LogP contribution in [0.2, 0.25) is 0 Å². The van der Waals surface area contributed by atoms with Crippen molar-refractivity contribution in [3.63, 3.8) is 0 Å². The summed E-state index contributed by atoms with van der Waals surface area (Å²) < 4.78 is 11.3. The molecule has 1 unspecified atom stereocenters. The molecule has 1 aromatic heterocycles. The van der Waals surface area contributed by atoms with Crippen molar-refractivity contribution in [3.8, 4) is 0 Å². The number of anilines is 1. The maximum Gasteiger partial charge on any atom is 0.411 e. The van der Waals surface area contributed by atoms with E-state index in [1.807, 2.05) is 63.2 Å². The van der Waals surface area contributed by atoms with E-state index in [1.165, 1.54) is 0 Å². The Hall–Kier alpha value is -2.91. The SMILES string of the molecule is CN(C)CC(OC(=O)N1Cc2c(NC(=O)C3CCOCC3)n[nH]c2C1(C)C)c1ccccc1. The summed E-state index contributed by atoms with van der Waals surface area (Å²) >= 11 is 0. The largest absolute Gasteiger partial charge is 0.440 e. The zero-order valence-corrected chi connectivity index (χ0v) is 19.8. The summed E-state index contributed by atoms with van der Waals surface area (Å²) in [4.78, 5) is 29.7. The molecule has 1 atom stereocenters. The summed E-state index contributed by atoms with van der Waals surface area (Å²) in [6.07, 6.45) is 0.612. The summed E-state index contributed by atoms with van der Waals surface area (Å²) in [6.45, 7) is 5.98. The molecule has 4 rings (SSSR count). The highest BCUT2D eigenvalue weighted by atomic mass is 16.6. The van der Waals surface area contributed by atoms with Gasteiger partial charge in [-0.2, -0.15) is 5.10 Å². The van der Waals surface area contributed by atoms with Crippen LogP contribution in [-0.2, 0) is 26.4 Å². The molecule has 1 aromatic carbocycles. The van der Waals surface area contributed by atoms with Gasteiger partial charge in [-0.15, -0.1) is 0 Å². The molecule has 33 heavy (non-hydrogen) atoms. The van der Waals surface area contributed by atoms with E-state index < -0.39 is 17.7 Å². The Bertz CT molecular complexity index is 982. The van der Waals surface area contributed by atoms with Crippen LogP contribution in [-0.4, -0.2) is 65.9 Å². The zero-order chi connectivity index (χ0) is 23.6. The Morgan fingerprint density at radius 3 is 2.64 bits per heavy atom. The van der Waals surface area contributed by atoms with Crippen molar-refractivity contribution in [1.29, 1.82) is 0 Å². The predicted molar refractivity (Wildman–Crippen MR) is 124 cm³/mol. The van der Waals surface area contributed by atoms with E-state index in [9.17, 15) is 9.59 Å². The van der Waals surface area contributed by atoms with Gasteiger partial charge in [-0.25, -0.2) is 4.79 Å². The minimum absolute atomic E-state index is 0.0541. The average molecular weight is 456 g/mol. The number of rotatable bonds is 6. The van der Waals surface area contributed by atoms with Crippen LogP contribution in [0.3, 0.4) is 0 Å². The average Bonchev–Trinajstić information content (AvgIpc) is 3.32. The minimum Gasteiger partial charge on any atom is -0.440 e. The van der Waals surface area contributed by atoms with E-state index in [0.717, 1.165) is 16.8 Å². The predicted octanol–water partition coefficient (Wildman–Crippen LogP) is 3.27. The lowest BCUT2D eigenvalue weighted by Gasteiger charge is -2.33. The molecular formula is C24H33N5O4. The Morgan fingerprint density at radius 1 is 1.27 bits per heavy atom. The monoisotopic (exact) mass is 455 g/mol. The van der Waals surface area contributed by atoms with Gasteiger partial charge in [-0.05, 0) is 46.3 Å². The number of ether oxygens (including phenoxy) is 2. The zero-order valence-electron chi connectivity index (χ0n) is 19.8. The number of hydrogen-bond donors (Lipinski definition) is 2. The first-order valence-electron chi connectivity index (χ1n) is 11.4. The molecule has 0 saturated carbocycles. The summed E-state index contributed by atoms with van der Waals surface area (Å²) in [5, 5.41) is 10.3. The first-order valence-corrected chi connectivity index (χ1v) is 11.4. The van der Waals surface area contributed by atoms with Gasteiger partial charge in [0.05, 0.1) is 17.8 Å². The molecule has 9 nitrogen and oxygen atoms in total. The van der Waals surface area contributed by atoms with Gasteiger partial charge in [-0.1, -0.05) is 30.3 Å². The minimum atomic E-state index is -0.652. The van der Waals surface area contributed by atoms with Gasteiger partial charge < -0.3 is 19.7 Å². The molecule has 2 aromatic rings. The van der Waals surface area contributed by atoms with Crippen LogP contribution in [0.1, 0.15) is 49.6 Å². The molecule has 2 amide bonds. The maximum absolute atomic E-state index is 13.3. The first kappa shape index (κ1) is 23.3. The molecular weight excluding hydrogens is 422 g/mol. The van der Waals surface area contributed by atoms with Crippen LogP contribution in [0.15, 0.2) is 30.3 Å². The van der Waals surface area contributed by atoms with Crippen LogP contribution < -0.4 is 5.32 Å². The fourth-order valence-corrected chi connectivity index (χ4v) is 4.49. The molecule has 1 saturated heterocycles. The molecule has 0 radical (unpaired) electrons. The fourth-order valence-electron chi connectivity index (χ4n) is 4.49. The number of amides is 2. The number of H-pyrrole nitrogens is 1. The molecule has 178 valence electrons. The van der Waals surface area contributed by atoms with Crippen molar-refractivity contribution < 1.29 is 19.1 Å². The second-order valence-electron chi connectivity index (χ2n) is 9.49. The van der Waals surface area contributed by atoms with Crippen LogP contribution in [0.25, 0.3) is 0 Å². The van der Waals surface area contributed by atoms with E-state index in [0.29, 0.717) is 45.0 Å². The van der Waals surface area contributed by atoms with E-state index in [1.54, 1.807) is 4.90 Å². The lowest BCUT2D eigenvalue weighted by atomic mass is 9.99. The number of nitrogens with one attached hydrogen (secondary N) is 2. The van der Waals surface area contributed by atoms with Gasteiger partial charge in [0, 0.05) is 31.2 Å². The molecule has 3 heterocycles. The standard InChI is InChI=1S/C24H33N5O4/c1-24(2)20-18(21(27-26-20)25-22(30)17-10-12-32-13-11-17)14-29(24)23(31)33-19(15-28(3)4)16-8-6-5-7-9-16/h5-9,17,19H,10-15H2,1-4H3,(H2,25,26,27,30). The van der Waals surface area contributed by atoms with Crippen LogP contribution in [0.5, 0.6) is 0 Å². The smallest absolute Gasteiger partial charge is 0.411 e. The van der Waals surface area contributed by atoms with Gasteiger partial charge in [0.2, 0.25) is 5.91 Å². The third-order valence-electron chi connectivity index (χ3n) is 6.47. The van der Waals surface area contributed by atoms with Crippen LogP contribution >= 0.6 is 0 Å². The topological polar surface area (TPSA) is 99.8 Å². The van der Waals surface area contributed by atoms with Crippen LogP contribution in [0, 0.1) is 5.92 Å².